The number of hydrogen-bond acceptors (Lipinski definition) is 0. The smallest absolute Gasteiger partial charge is 0 e. The monoisotopic (exact) mass is 589 g/mol. The van der Waals surface area contributed by atoms with Gasteiger partial charge in [0.15, 0.2) is 0 Å². The summed E-state index contributed by atoms with van der Waals surface area (Å²) in [5.41, 5.74) is 0. The van der Waals surface area contributed by atoms with Crippen LogP contribution in [0.15, 0.2) is 0 Å². The molecule has 5 heavy (non-hydrogen) atoms. The maximum atomic E-state index is 0. The molecule has 0 saturated heterocycles. The third kappa shape index (κ3) is 18.2. The van der Waals surface area contributed by atoms with Crippen molar-refractivity contribution in [2.75, 3.05) is 0 Å². The van der Waals surface area contributed by atoms with Crippen LogP contribution in [0.3, 0.4) is 0 Å². The van der Waals surface area contributed by atoms with Gasteiger partial charge in [-0.25, -0.2) is 0 Å². The van der Waals surface area contributed by atoms with Crippen LogP contribution in [-0.4, -0.2) is 77.2 Å². The molecule has 1 nitrogen and oxygen atoms in total. The quantitative estimate of drug-likeness (QED) is 0.306. The standard InChI is InChI=1S/Bi.Nb.H2O.Sr.Ta/h;;1H2;;. The zero-order valence-electron chi connectivity index (χ0n) is 2.55. The van der Waals surface area contributed by atoms with Crippen molar-refractivity contribution in [3.8, 4) is 0 Å². The molecule has 0 aromatic rings. The van der Waals surface area contributed by atoms with Crippen molar-refractivity contribution in [2.45, 2.75) is 0 Å². The zero-order valence-corrected chi connectivity index (χ0v) is 14.9. The minimum absolute atomic E-state index is 0. The molecule has 0 fully saturated rings. The van der Waals surface area contributed by atoms with Crippen molar-refractivity contribution in [3.05, 3.63) is 0 Å². The first-order chi connectivity index (χ1) is 0. The van der Waals surface area contributed by atoms with Crippen molar-refractivity contribution >= 4 is 71.7 Å². The molecular weight excluding hydrogens is 586 g/mol. The molecule has 0 rings (SSSR count). The van der Waals surface area contributed by atoms with Gasteiger partial charge < -0.3 is 5.48 Å². The fourth-order valence-corrected chi connectivity index (χ4v) is 0. The summed E-state index contributed by atoms with van der Waals surface area (Å²) >= 11 is 0. The van der Waals surface area contributed by atoms with Crippen molar-refractivity contribution < 1.29 is 50.2 Å². The van der Waals surface area contributed by atoms with E-state index < -0.39 is 0 Å². The Morgan fingerprint density at radius 2 is 1.00 bits per heavy atom. The Balaban J connectivity index is 0. The summed E-state index contributed by atoms with van der Waals surface area (Å²) in [6, 6.07) is 0. The van der Waals surface area contributed by atoms with Crippen LogP contribution in [0.5, 0.6) is 0 Å². The molecule has 7 radical (unpaired) electrons. The van der Waals surface area contributed by atoms with Crippen molar-refractivity contribution in [1.82, 2.24) is 0 Å². The molecule has 0 spiro atoms. The van der Waals surface area contributed by atoms with E-state index in [0.29, 0.717) is 0 Å². The molecule has 0 atom stereocenters. The van der Waals surface area contributed by atoms with Gasteiger partial charge in [-0.1, -0.05) is 0 Å². The Morgan fingerprint density at radius 3 is 1.00 bits per heavy atom. The molecule has 0 aliphatic carbocycles. The molecule has 0 aliphatic heterocycles. The van der Waals surface area contributed by atoms with Gasteiger partial charge >= 0.3 is 0 Å². The van der Waals surface area contributed by atoms with Gasteiger partial charge in [0.2, 0.25) is 0 Å². The maximum Gasteiger partial charge on any atom is 0 e. The van der Waals surface area contributed by atoms with E-state index in [2.05, 4.69) is 0 Å². The van der Waals surface area contributed by atoms with E-state index in [9.17, 15) is 0 Å². The predicted octanol–water partition coefficient (Wildman–Crippen LogP) is -1.59. The number of rotatable bonds is 0. The van der Waals surface area contributed by atoms with Crippen LogP contribution < -0.4 is 0 Å². The van der Waals surface area contributed by atoms with E-state index in [1.165, 1.54) is 0 Å². The minimum Gasteiger partial charge on any atom is -0.412 e. The molecule has 0 bridgehead atoms. The summed E-state index contributed by atoms with van der Waals surface area (Å²) in [6.45, 7) is 0. The van der Waals surface area contributed by atoms with Gasteiger partial charge in [-0.15, -0.1) is 0 Å². The second-order valence-corrected chi connectivity index (χ2v) is 0. The molecule has 5 heteroatoms. The second kappa shape index (κ2) is 25.0. The van der Waals surface area contributed by atoms with Crippen molar-refractivity contribution in [2.24, 2.45) is 0 Å². The summed E-state index contributed by atoms with van der Waals surface area (Å²) in [6.07, 6.45) is 0. The van der Waals surface area contributed by atoms with Crippen LogP contribution in [0, 0.1) is 0 Å². The Kier molecular flexibility index (Phi) is 185. The van der Waals surface area contributed by atoms with Gasteiger partial charge in [-0.3, -0.25) is 0 Å². The molecule has 0 aromatic carbocycles. The summed E-state index contributed by atoms with van der Waals surface area (Å²) in [4.78, 5) is 0. The predicted molar refractivity (Wildman–Crippen MR) is 15.1 cm³/mol. The first-order valence-electron chi connectivity index (χ1n) is 0. The SMILES string of the molecule is O.[Bi].[Nb].[Sr].[Ta]. The Morgan fingerprint density at radius 1 is 1.00 bits per heavy atom. The zero-order chi connectivity index (χ0) is 0. The molecule has 2 N–H and O–H groups in total. The second-order valence-electron chi connectivity index (χ2n) is 0. The van der Waals surface area contributed by atoms with Crippen molar-refractivity contribution in [1.29, 1.82) is 0 Å². The summed E-state index contributed by atoms with van der Waals surface area (Å²) < 4.78 is 0. The van der Waals surface area contributed by atoms with E-state index in [0.717, 1.165) is 0 Å². The van der Waals surface area contributed by atoms with Gasteiger partial charge in [0.1, 0.15) is 0 Å². The van der Waals surface area contributed by atoms with Crippen LogP contribution >= 0.6 is 0 Å². The summed E-state index contributed by atoms with van der Waals surface area (Å²) in [7, 11) is 0. The third-order valence-electron chi connectivity index (χ3n) is 0. The van der Waals surface area contributed by atoms with Crippen LogP contribution in [-0.2, 0) is 44.8 Å². The molecule has 0 unspecified atom stereocenters. The topological polar surface area (TPSA) is 31.5 Å². The van der Waals surface area contributed by atoms with E-state index in [-0.39, 0.29) is 122 Å². The van der Waals surface area contributed by atoms with Gasteiger partial charge in [0.25, 0.3) is 0 Å². The Bertz CT molecular complexity index is 11.6. The Hall–Kier alpha value is 3.80. The van der Waals surface area contributed by atoms with E-state index in [4.69, 9.17) is 0 Å². The van der Waals surface area contributed by atoms with Gasteiger partial charge in [-0.05, 0) is 0 Å². The third-order valence-corrected chi connectivity index (χ3v) is 0. The van der Waals surface area contributed by atoms with Crippen LogP contribution in [0.4, 0.5) is 0 Å². The van der Waals surface area contributed by atoms with Gasteiger partial charge in [0.05, 0.1) is 0 Å². The molecule has 0 heterocycles. The number of hydrogen-bond donors (Lipinski definition) is 0. The largest absolute Gasteiger partial charge is 0.412 e. The molecule has 0 aromatic heterocycles. The van der Waals surface area contributed by atoms with E-state index >= 15 is 0 Å². The van der Waals surface area contributed by atoms with Crippen LogP contribution in [0.1, 0.15) is 0 Å². The fourth-order valence-electron chi connectivity index (χ4n) is 0. The minimum atomic E-state index is 0. The average molecular weight is 588 g/mol. The van der Waals surface area contributed by atoms with Crippen molar-refractivity contribution in [3.63, 3.8) is 0 Å². The molecule has 0 aliphatic rings. The van der Waals surface area contributed by atoms with Gasteiger partial charge in [0, 0.05) is 116 Å². The fraction of sp³-hybridized carbons (Fsp3) is 0. The maximum absolute atomic E-state index is 0. The van der Waals surface area contributed by atoms with E-state index in [1.807, 2.05) is 0 Å². The summed E-state index contributed by atoms with van der Waals surface area (Å²) in [5, 5.41) is 0. The summed E-state index contributed by atoms with van der Waals surface area (Å²) in [5.74, 6) is 0. The van der Waals surface area contributed by atoms with Crippen LogP contribution in [0.25, 0.3) is 0 Å². The van der Waals surface area contributed by atoms with Gasteiger partial charge in [-0.2, -0.15) is 0 Å². The molecule has 0 saturated carbocycles. The molecule has 25 valence electrons. The van der Waals surface area contributed by atoms with E-state index in [1.54, 1.807) is 0 Å². The molecule has 0 amide bonds. The molecular formula is H2BiNbOSrTa. The first-order valence-corrected chi connectivity index (χ1v) is 0. The average Bonchev–Trinajstić information content (AvgIpc) is 0. The Labute approximate surface area is 119 Å². The van der Waals surface area contributed by atoms with Crippen LogP contribution in [0.2, 0.25) is 0 Å². The normalized spacial score (nSPS) is 0. The first kappa shape index (κ1) is 37.1.